The van der Waals surface area contributed by atoms with Crippen LogP contribution in [0.3, 0.4) is 0 Å². The van der Waals surface area contributed by atoms with Gasteiger partial charge in [-0.3, -0.25) is 0 Å². The average Bonchev–Trinajstić information content (AvgIpc) is 2.35. The van der Waals surface area contributed by atoms with Crippen molar-refractivity contribution < 1.29 is 21.9 Å². The Kier molecular flexibility index (Phi) is 6.04. The quantitative estimate of drug-likeness (QED) is 0.601. The monoisotopic (exact) mass is 304 g/mol. The molecule has 0 saturated heterocycles. The molecule has 0 atom stereocenters. The molecule has 1 aromatic rings. The lowest BCUT2D eigenvalue weighted by Gasteiger charge is -2.09. The smallest absolute Gasteiger partial charge is 0.244 e. The van der Waals surface area contributed by atoms with Crippen LogP contribution in [0.15, 0.2) is 17.0 Å². The summed E-state index contributed by atoms with van der Waals surface area (Å²) in [7, 11) is -2.76. The second kappa shape index (κ2) is 7.31. The third-order valence-electron chi connectivity index (χ3n) is 2.20. The van der Waals surface area contributed by atoms with Gasteiger partial charge in [0.05, 0.1) is 18.7 Å². The van der Waals surface area contributed by atoms with E-state index in [2.05, 4.69) is 16.6 Å². The number of benzene rings is 1. The topological polar surface area (TPSA) is 81.4 Å². The molecule has 0 aromatic heterocycles. The number of nitrogens with two attached hydrogens (primary N) is 1. The minimum atomic E-state index is -4.16. The summed E-state index contributed by atoms with van der Waals surface area (Å²) in [6, 6.07) is 1.33. The summed E-state index contributed by atoms with van der Waals surface area (Å²) in [4.78, 5) is -0.698. The fourth-order valence-corrected chi connectivity index (χ4v) is 2.63. The molecule has 0 aliphatic carbocycles. The first-order chi connectivity index (χ1) is 9.42. The first-order valence-electron chi connectivity index (χ1n) is 5.59. The summed E-state index contributed by atoms with van der Waals surface area (Å²) in [5.74, 6) is 2.58. The van der Waals surface area contributed by atoms with E-state index in [9.17, 15) is 17.2 Å². The Morgan fingerprint density at radius 2 is 2.10 bits per heavy atom. The van der Waals surface area contributed by atoms with E-state index in [1.807, 2.05) is 0 Å². The number of rotatable bonds is 5. The minimum absolute atomic E-state index is 0.0423. The number of hydrogen-bond acceptors (Lipinski definition) is 4. The largest absolute Gasteiger partial charge is 0.383 e. The molecule has 0 spiro atoms. The van der Waals surface area contributed by atoms with E-state index < -0.39 is 26.6 Å². The van der Waals surface area contributed by atoms with Gasteiger partial charge in [0.2, 0.25) is 10.0 Å². The number of halogens is 2. The van der Waals surface area contributed by atoms with Crippen LogP contribution in [0.25, 0.3) is 0 Å². The molecule has 5 nitrogen and oxygen atoms in total. The molecule has 0 radical (unpaired) electrons. The van der Waals surface area contributed by atoms with Crippen LogP contribution in [0.1, 0.15) is 5.56 Å². The fraction of sp³-hybridized carbons (Fsp3) is 0.333. The van der Waals surface area contributed by atoms with Gasteiger partial charge in [0.15, 0.2) is 0 Å². The lowest BCUT2D eigenvalue weighted by Crippen LogP contribution is -2.28. The first-order valence-corrected chi connectivity index (χ1v) is 7.07. The maximum absolute atomic E-state index is 13.8. The van der Waals surface area contributed by atoms with Crippen LogP contribution in [0.5, 0.6) is 0 Å². The molecule has 0 amide bonds. The maximum atomic E-state index is 13.8. The highest BCUT2D eigenvalue weighted by atomic mass is 32.2. The van der Waals surface area contributed by atoms with E-state index in [1.165, 1.54) is 7.11 Å². The predicted molar refractivity (Wildman–Crippen MR) is 69.4 cm³/mol. The van der Waals surface area contributed by atoms with Crippen molar-refractivity contribution in [2.24, 2.45) is 5.73 Å². The van der Waals surface area contributed by atoms with Crippen molar-refractivity contribution in [1.29, 1.82) is 0 Å². The molecule has 0 aliphatic heterocycles. The third kappa shape index (κ3) is 4.25. The zero-order valence-corrected chi connectivity index (χ0v) is 11.6. The average molecular weight is 304 g/mol. The Morgan fingerprint density at radius 3 is 2.70 bits per heavy atom. The van der Waals surface area contributed by atoms with Gasteiger partial charge in [0, 0.05) is 19.7 Å². The minimum Gasteiger partial charge on any atom is -0.383 e. The van der Waals surface area contributed by atoms with Gasteiger partial charge in [-0.15, -0.1) is 0 Å². The first kappa shape index (κ1) is 16.5. The summed E-state index contributed by atoms with van der Waals surface area (Å²) >= 11 is 0. The van der Waals surface area contributed by atoms with Gasteiger partial charge in [-0.1, -0.05) is 11.8 Å². The predicted octanol–water partition coefficient (Wildman–Crippen LogP) is 0.200. The number of nitrogens with one attached hydrogen (secondary N) is 1. The van der Waals surface area contributed by atoms with E-state index in [0.29, 0.717) is 6.07 Å². The Bertz CT molecular complexity index is 636. The van der Waals surface area contributed by atoms with Crippen molar-refractivity contribution in [3.05, 3.63) is 29.3 Å². The highest BCUT2D eigenvalue weighted by Crippen LogP contribution is 2.20. The number of sulfonamides is 1. The van der Waals surface area contributed by atoms with Gasteiger partial charge in [-0.2, -0.15) is 0 Å². The van der Waals surface area contributed by atoms with E-state index in [4.69, 9.17) is 10.5 Å². The molecule has 0 fully saturated rings. The van der Waals surface area contributed by atoms with Crippen LogP contribution >= 0.6 is 0 Å². The van der Waals surface area contributed by atoms with Crippen LogP contribution in [-0.4, -0.2) is 35.2 Å². The Hall–Kier alpha value is -1.53. The van der Waals surface area contributed by atoms with E-state index in [-0.39, 0.29) is 25.3 Å². The van der Waals surface area contributed by atoms with Crippen molar-refractivity contribution in [2.45, 2.75) is 4.90 Å². The molecule has 3 N–H and O–H groups in total. The standard InChI is InChI=1S/C12H14F2N2O3S/c1-19-6-5-16-20(17,18)12-9(3-2-4-15)7-10(13)8-11(12)14/h7-8,16H,4-6,15H2,1H3. The van der Waals surface area contributed by atoms with Crippen LogP contribution in [0, 0.1) is 23.5 Å². The van der Waals surface area contributed by atoms with Crippen LogP contribution in [0.2, 0.25) is 0 Å². The molecular weight excluding hydrogens is 290 g/mol. The van der Waals surface area contributed by atoms with E-state index >= 15 is 0 Å². The summed E-state index contributed by atoms with van der Waals surface area (Å²) in [6.45, 7) is 0.0139. The summed E-state index contributed by atoms with van der Waals surface area (Å²) in [6.07, 6.45) is 0. The van der Waals surface area contributed by atoms with Gasteiger partial charge in [-0.25, -0.2) is 21.9 Å². The highest BCUT2D eigenvalue weighted by molar-refractivity contribution is 7.89. The highest BCUT2D eigenvalue weighted by Gasteiger charge is 2.23. The molecule has 0 bridgehead atoms. The SMILES string of the molecule is COCCNS(=O)(=O)c1c(F)cc(F)cc1C#CCN. The van der Waals surface area contributed by atoms with Crippen molar-refractivity contribution in [2.75, 3.05) is 26.8 Å². The maximum Gasteiger partial charge on any atom is 0.244 e. The van der Waals surface area contributed by atoms with Crippen molar-refractivity contribution in [3.63, 3.8) is 0 Å². The van der Waals surface area contributed by atoms with Gasteiger partial charge in [0.1, 0.15) is 16.5 Å². The van der Waals surface area contributed by atoms with Crippen LogP contribution in [0.4, 0.5) is 8.78 Å². The van der Waals surface area contributed by atoms with Crippen LogP contribution < -0.4 is 10.5 Å². The fourth-order valence-electron chi connectivity index (χ4n) is 1.42. The molecule has 0 unspecified atom stereocenters. The lowest BCUT2D eigenvalue weighted by atomic mass is 10.2. The molecule has 110 valence electrons. The summed E-state index contributed by atoms with van der Waals surface area (Å²) < 4.78 is 57.7. The number of hydrogen-bond donors (Lipinski definition) is 2. The Balaban J connectivity index is 3.28. The second-order valence-corrected chi connectivity index (χ2v) is 5.36. The summed E-state index contributed by atoms with van der Waals surface area (Å²) in [5.41, 5.74) is 4.89. The number of methoxy groups -OCH3 is 1. The number of ether oxygens (including phenoxy) is 1. The van der Waals surface area contributed by atoms with Gasteiger partial charge < -0.3 is 10.5 Å². The third-order valence-corrected chi connectivity index (χ3v) is 3.74. The molecule has 0 saturated carbocycles. The molecule has 0 heterocycles. The molecule has 1 rings (SSSR count). The zero-order chi connectivity index (χ0) is 15.2. The van der Waals surface area contributed by atoms with Crippen molar-refractivity contribution >= 4 is 10.0 Å². The molecule has 0 aliphatic rings. The van der Waals surface area contributed by atoms with Gasteiger partial charge in [-0.05, 0) is 6.07 Å². The second-order valence-electron chi connectivity index (χ2n) is 3.66. The molecule has 8 heteroatoms. The van der Waals surface area contributed by atoms with Gasteiger partial charge >= 0.3 is 0 Å². The van der Waals surface area contributed by atoms with Crippen LogP contribution in [-0.2, 0) is 14.8 Å². The Morgan fingerprint density at radius 1 is 1.40 bits per heavy atom. The van der Waals surface area contributed by atoms with Gasteiger partial charge in [0.25, 0.3) is 0 Å². The summed E-state index contributed by atoms with van der Waals surface area (Å²) in [5, 5.41) is 0. The molecule has 20 heavy (non-hydrogen) atoms. The lowest BCUT2D eigenvalue weighted by molar-refractivity contribution is 0.204. The Labute approximate surface area is 116 Å². The van der Waals surface area contributed by atoms with E-state index in [0.717, 1.165) is 6.07 Å². The zero-order valence-electron chi connectivity index (χ0n) is 10.7. The molecular formula is C12H14F2N2O3S. The van der Waals surface area contributed by atoms with Crippen molar-refractivity contribution in [3.8, 4) is 11.8 Å². The van der Waals surface area contributed by atoms with Crippen molar-refractivity contribution in [1.82, 2.24) is 4.72 Å². The van der Waals surface area contributed by atoms with E-state index in [1.54, 1.807) is 0 Å². The molecule has 1 aromatic carbocycles. The normalized spacial score (nSPS) is 11.0.